The Kier molecular flexibility index (Phi) is 6.92. The van der Waals surface area contributed by atoms with Crippen LogP contribution in [0.4, 0.5) is 0 Å². The average molecular weight is 433 g/mol. The molecule has 0 amide bonds. The maximum atomic E-state index is 6.44. The quantitative estimate of drug-likeness (QED) is 0.498. The normalized spacial score (nSPS) is 26.8. The summed E-state index contributed by atoms with van der Waals surface area (Å²) in [5.74, 6) is 0. The van der Waals surface area contributed by atoms with Crippen LogP contribution in [0.1, 0.15) is 16.7 Å². The van der Waals surface area contributed by atoms with Crippen LogP contribution < -0.4 is 0 Å². The van der Waals surface area contributed by atoms with E-state index in [-0.39, 0.29) is 18.3 Å². The van der Waals surface area contributed by atoms with Crippen LogP contribution in [0.2, 0.25) is 0 Å². The number of rotatable bonds is 9. The van der Waals surface area contributed by atoms with Crippen molar-refractivity contribution in [2.45, 2.75) is 50.5 Å². The molecular weight excluding hydrogens is 404 g/mol. The Bertz CT molecular complexity index is 892. The van der Waals surface area contributed by atoms with E-state index < -0.39 is 12.4 Å². The molecule has 3 aromatic carbocycles. The third kappa shape index (κ3) is 5.09. The molecule has 0 N–H and O–H groups in total. The summed E-state index contributed by atoms with van der Waals surface area (Å²) in [6.07, 6.45) is -1.63. The molecule has 2 heterocycles. The molecule has 0 unspecified atom stereocenters. The molecule has 2 saturated heterocycles. The molecule has 5 atom stereocenters. The van der Waals surface area contributed by atoms with Crippen LogP contribution in [0.25, 0.3) is 0 Å². The van der Waals surface area contributed by atoms with Crippen molar-refractivity contribution in [2.24, 2.45) is 0 Å². The standard InChI is InChI=1S/C27H28O5/c1-4-10-20(11-5-1)16-28-24-23-19-31-27(32-23)26(30-18-22-14-8-3-9-15-22)25(24)29-17-21-12-6-2-7-13-21/h1-15,23-27H,16-19H2/t23-,24+,25-,26+,27-/m1/s1. The van der Waals surface area contributed by atoms with Gasteiger partial charge in [-0.1, -0.05) is 91.0 Å². The Labute approximate surface area is 188 Å². The lowest BCUT2D eigenvalue weighted by atomic mass is 10.00. The number of ether oxygens (including phenoxy) is 5. The van der Waals surface area contributed by atoms with E-state index in [1.54, 1.807) is 0 Å². The zero-order valence-electron chi connectivity index (χ0n) is 17.9. The van der Waals surface area contributed by atoms with Crippen LogP contribution in [0.15, 0.2) is 91.0 Å². The fraction of sp³-hybridized carbons (Fsp3) is 0.333. The highest BCUT2D eigenvalue weighted by atomic mass is 16.8. The van der Waals surface area contributed by atoms with Crippen LogP contribution in [0, 0.1) is 0 Å². The van der Waals surface area contributed by atoms with Crippen molar-refractivity contribution < 1.29 is 23.7 Å². The first-order valence-corrected chi connectivity index (χ1v) is 11.1. The molecule has 166 valence electrons. The summed E-state index contributed by atoms with van der Waals surface area (Å²) in [4.78, 5) is 0. The molecule has 5 heteroatoms. The van der Waals surface area contributed by atoms with Crippen molar-refractivity contribution in [3.63, 3.8) is 0 Å². The van der Waals surface area contributed by atoms with Gasteiger partial charge in [0.25, 0.3) is 0 Å². The summed E-state index contributed by atoms with van der Waals surface area (Å²) in [6.45, 7) is 1.88. The zero-order chi connectivity index (χ0) is 21.6. The van der Waals surface area contributed by atoms with Crippen molar-refractivity contribution in [1.29, 1.82) is 0 Å². The van der Waals surface area contributed by atoms with Gasteiger partial charge in [-0.3, -0.25) is 0 Å². The summed E-state index contributed by atoms with van der Waals surface area (Å²) in [5.41, 5.74) is 3.31. The van der Waals surface area contributed by atoms with Crippen LogP contribution in [-0.4, -0.2) is 37.3 Å². The van der Waals surface area contributed by atoms with Gasteiger partial charge in [-0.05, 0) is 16.7 Å². The molecule has 2 aliphatic rings. The topological polar surface area (TPSA) is 46.2 Å². The first-order valence-electron chi connectivity index (χ1n) is 11.1. The van der Waals surface area contributed by atoms with Gasteiger partial charge in [-0.15, -0.1) is 0 Å². The molecule has 0 spiro atoms. The van der Waals surface area contributed by atoms with E-state index in [0.29, 0.717) is 26.4 Å². The van der Waals surface area contributed by atoms with E-state index >= 15 is 0 Å². The number of benzene rings is 3. The van der Waals surface area contributed by atoms with Gasteiger partial charge in [-0.25, -0.2) is 0 Å². The number of fused-ring (bicyclic) bond motifs is 2. The molecular formula is C27H28O5. The van der Waals surface area contributed by atoms with E-state index in [2.05, 4.69) is 24.3 Å². The molecule has 0 saturated carbocycles. The maximum Gasteiger partial charge on any atom is 0.187 e. The fourth-order valence-corrected chi connectivity index (χ4v) is 4.20. The minimum absolute atomic E-state index is 0.180. The SMILES string of the molecule is c1ccc(CO[C@H]2[C@H](OCc3ccccc3)[C@@H]3OC[C@@H](O3)[C@@H]2OCc2ccccc2)cc1. The van der Waals surface area contributed by atoms with E-state index in [0.717, 1.165) is 16.7 Å². The van der Waals surface area contributed by atoms with Crippen molar-refractivity contribution in [1.82, 2.24) is 0 Å². The van der Waals surface area contributed by atoms with Gasteiger partial charge in [0.2, 0.25) is 0 Å². The highest BCUT2D eigenvalue weighted by Crippen LogP contribution is 2.35. The van der Waals surface area contributed by atoms with Crippen molar-refractivity contribution in [3.8, 4) is 0 Å². The molecule has 32 heavy (non-hydrogen) atoms. The Morgan fingerprint density at radius 3 is 1.50 bits per heavy atom. The largest absolute Gasteiger partial charge is 0.368 e. The van der Waals surface area contributed by atoms with E-state index in [9.17, 15) is 0 Å². The molecule has 5 nitrogen and oxygen atoms in total. The minimum Gasteiger partial charge on any atom is -0.368 e. The maximum absolute atomic E-state index is 6.44. The smallest absolute Gasteiger partial charge is 0.187 e. The van der Waals surface area contributed by atoms with Crippen LogP contribution in [0.3, 0.4) is 0 Å². The molecule has 0 radical (unpaired) electrons. The molecule has 0 aliphatic carbocycles. The first-order chi connectivity index (χ1) is 15.9. The highest BCUT2D eigenvalue weighted by molar-refractivity contribution is 5.15. The van der Waals surface area contributed by atoms with Crippen LogP contribution in [-0.2, 0) is 43.5 Å². The van der Waals surface area contributed by atoms with E-state index in [1.165, 1.54) is 0 Å². The summed E-state index contributed by atoms with van der Waals surface area (Å²) in [7, 11) is 0. The lowest BCUT2D eigenvalue weighted by Crippen LogP contribution is -2.56. The van der Waals surface area contributed by atoms with Crippen molar-refractivity contribution >= 4 is 0 Å². The molecule has 2 fully saturated rings. The van der Waals surface area contributed by atoms with Crippen molar-refractivity contribution in [2.75, 3.05) is 6.61 Å². The molecule has 0 aromatic heterocycles. The number of hydrogen-bond donors (Lipinski definition) is 0. The average Bonchev–Trinajstić information content (AvgIpc) is 3.29. The Hall–Kier alpha value is -2.54. The van der Waals surface area contributed by atoms with Gasteiger partial charge >= 0.3 is 0 Å². The summed E-state index contributed by atoms with van der Waals surface area (Å²) < 4.78 is 31.2. The molecule has 5 rings (SSSR count). The van der Waals surface area contributed by atoms with Crippen LogP contribution in [0.5, 0.6) is 0 Å². The minimum atomic E-state index is -0.457. The third-order valence-corrected chi connectivity index (χ3v) is 5.87. The third-order valence-electron chi connectivity index (χ3n) is 5.87. The van der Waals surface area contributed by atoms with Gasteiger partial charge in [0.15, 0.2) is 6.29 Å². The van der Waals surface area contributed by atoms with Crippen molar-refractivity contribution in [3.05, 3.63) is 108 Å². The second-order valence-electron chi connectivity index (χ2n) is 8.16. The second-order valence-corrected chi connectivity index (χ2v) is 8.16. The lowest BCUT2D eigenvalue weighted by Gasteiger charge is -2.40. The lowest BCUT2D eigenvalue weighted by molar-refractivity contribution is -0.268. The van der Waals surface area contributed by atoms with Gasteiger partial charge in [0.05, 0.1) is 26.4 Å². The molecule has 2 aliphatic heterocycles. The first kappa shape index (κ1) is 21.3. The summed E-state index contributed by atoms with van der Waals surface area (Å²) in [6, 6.07) is 30.4. The number of hydrogen-bond acceptors (Lipinski definition) is 5. The van der Waals surface area contributed by atoms with Crippen LogP contribution >= 0.6 is 0 Å². The van der Waals surface area contributed by atoms with Gasteiger partial charge in [0, 0.05) is 0 Å². The monoisotopic (exact) mass is 432 g/mol. The van der Waals surface area contributed by atoms with Gasteiger partial charge < -0.3 is 23.7 Å². The molecule has 2 bridgehead atoms. The van der Waals surface area contributed by atoms with Gasteiger partial charge in [0.1, 0.15) is 24.4 Å². The Morgan fingerprint density at radius 1 is 0.562 bits per heavy atom. The predicted molar refractivity (Wildman–Crippen MR) is 120 cm³/mol. The highest BCUT2D eigenvalue weighted by Gasteiger charge is 2.52. The fourth-order valence-electron chi connectivity index (χ4n) is 4.20. The summed E-state index contributed by atoms with van der Waals surface area (Å²) in [5, 5.41) is 0. The van der Waals surface area contributed by atoms with Gasteiger partial charge in [-0.2, -0.15) is 0 Å². The van der Waals surface area contributed by atoms with E-state index in [4.69, 9.17) is 23.7 Å². The summed E-state index contributed by atoms with van der Waals surface area (Å²) >= 11 is 0. The van der Waals surface area contributed by atoms with E-state index in [1.807, 2.05) is 66.7 Å². The molecule has 3 aromatic rings. The Balaban J connectivity index is 1.33. The zero-order valence-corrected chi connectivity index (χ0v) is 17.9. The predicted octanol–water partition coefficient (Wildman–Crippen LogP) is 4.50. The second kappa shape index (κ2) is 10.4. The Morgan fingerprint density at radius 2 is 1.00 bits per heavy atom.